The molecule has 0 bridgehead atoms. The molecule has 27 heavy (non-hydrogen) atoms. The van der Waals surface area contributed by atoms with E-state index in [9.17, 15) is 4.79 Å². The van der Waals surface area contributed by atoms with Crippen LogP contribution in [0.2, 0.25) is 10.0 Å². The average Bonchev–Trinajstić information content (AvgIpc) is 3.01. The van der Waals surface area contributed by atoms with Crippen LogP contribution < -0.4 is 10.6 Å². The molecule has 0 saturated carbocycles. The summed E-state index contributed by atoms with van der Waals surface area (Å²) in [4.78, 5) is 14.3. The summed E-state index contributed by atoms with van der Waals surface area (Å²) in [6.07, 6.45) is 4.00. The Balaban J connectivity index is 1.66. The largest absolute Gasteiger partial charge is 0.353 e. The van der Waals surface area contributed by atoms with Gasteiger partial charge in [-0.25, -0.2) is 0 Å². The maximum atomic E-state index is 12.9. The predicted molar refractivity (Wildman–Crippen MR) is 114 cm³/mol. The number of carbonyl (C=O) groups is 1. The van der Waals surface area contributed by atoms with Gasteiger partial charge in [0, 0.05) is 10.4 Å². The minimum Gasteiger partial charge on any atom is -0.353 e. The Labute approximate surface area is 174 Å². The second-order valence-corrected chi connectivity index (χ2v) is 10.1. The molecule has 1 aromatic heterocycles. The first-order chi connectivity index (χ1) is 12.8. The van der Waals surface area contributed by atoms with Crippen molar-refractivity contribution in [2.45, 2.75) is 52.6 Å². The Morgan fingerprint density at radius 2 is 2.04 bits per heavy atom. The van der Waals surface area contributed by atoms with Crippen molar-refractivity contribution >= 4 is 45.4 Å². The zero-order chi connectivity index (χ0) is 19.3. The summed E-state index contributed by atoms with van der Waals surface area (Å²) in [7, 11) is 0. The molecule has 0 radical (unpaired) electrons. The molecule has 2 aliphatic rings. The van der Waals surface area contributed by atoms with Crippen molar-refractivity contribution in [1.29, 1.82) is 0 Å². The number of halogens is 2. The molecule has 2 heterocycles. The molecule has 4 rings (SSSR count). The van der Waals surface area contributed by atoms with Gasteiger partial charge in [0.2, 0.25) is 0 Å². The van der Waals surface area contributed by atoms with Crippen LogP contribution in [0.5, 0.6) is 0 Å². The number of hydrogen-bond acceptors (Lipinski definition) is 3. The highest BCUT2D eigenvalue weighted by molar-refractivity contribution is 7.16. The van der Waals surface area contributed by atoms with E-state index in [4.69, 9.17) is 23.2 Å². The normalized spacial score (nSPS) is 21.9. The lowest BCUT2D eigenvalue weighted by molar-refractivity contribution is 0.0934. The summed E-state index contributed by atoms with van der Waals surface area (Å²) in [6.45, 7) is 6.99. The molecule has 1 amide bonds. The van der Waals surface area contributed by atoms with Crippen LogP contribution >= 0.6 is 34.5 Å². The number of anilines is 1. The van der Waals surface area contributed by atoms with Gasteiger partial charge >= 0.3 is 0 Å². The molecule has 0 spiro atoms. The molecule has 0 fully saturated rings. The van der Waals surface area contributed by atoms with Gasteiger partial charge in [0.25, 0.3) is 5.91 Å². The first kappa shape index (κ1) is 19.1. The Kier molecular flexibility index (Phi) is 4.94. The lowest BCUT2D eigenvalue weighted by Gasteiger charge is -2.36. The van der Waals surface area contributed by atoms with Crippen molar-refractivity contribution in [3.63, 3.8) is 0 Å². The number of thiophene rings is 1. The quantitative estimate of drug-likeness (QED) is 0.596. The molecule has 0 saturated heterocycles. The van der Waals surface area contributed by atoms with Crippen LogP contribution in [0.25, 0.3) is 0 Å². The van der Waals surface area contributed by atoms with Gasteiger partial charge in [-0.1, -0.05) is 62.5 Å². The smallest absolute Gasteiger partial charge is 0.256 e. The second kappa shape index (κ2) is 6.98. The summed E-state index contributed by atoms with van der Waals surface area (Å²) in [5.41, 5.74) is 3.19. The SMILES string of the molecule is CCC(C)(C)[C@@H]1CCc2c(sc3c2C(=O)N[C@H](c2cccc(Cl)c2Cl)N3)C1. The molecule has 2 N–H and O–H groups in total. The maximum Gasteiger partial charge on any atom is 0.256 e. The zero-order valence-electron chi connectivity index (χ0n) is 15.8. The van der Waals surface area contributed by atoms with E-state index in [1.165, 1.54) is 16.9 Å². The van der Waals surface area contributed by atoms with E-state index < -0.39 is 0 Å². The van der Waals surface area contributed by atoms with Crippen LogP contribution in [0, 0.1) is 11.3 Å². The Morgan fingerprint density at radius 1 is 1.26 bits per heavy atom. The van der Waals surface area contributed by atoms with Gasteiger partial charge in [0.1, 0.15) is 11.2 Å². The topological polar surface area (TPSA) is 41.1 Å². The van der Waals surface area contributed by atoms with E-state index in [-0.39, 0.29) is 12.1 Å². The lowest BCUT2D eigenvalue weighted by atomic mass is 9.69. The van der Waals surface area contributed by atoms with Crippen molar-refractivity contribution in [1.82, 2.24) is 5.32 Å². The van der Waals surface area contributed by atoms with Crippen LogP contribution in [0.1, 0.15) is 66.1 Å². The van der Waals surface area contributed by atoms with E-state index in [0.29, 0.717) is 21.4 Å². The van der Waals surface area contributed by atoms with Gasteiger partial charge in [-0.05, 0) is 42.2 Å². The van der Waals surface area contributed by atoms with Crippen LogP contribution in [0.4, 0.5) is 5.00 Å². The van der Waals surface area contributed by atoms with Crippen LogP contribution in [-0.4, -0.2) is 5.91 Å². The van der Waals surface area contributed by atoms with Crippen molar-refractivity contribution in [2.75, 3.05) is 5.32 Å². The number of amides is 1. The standard InChI is InChI=1S/C21H24Cl2N2OS/c1-4-21(2,3)11-8-9-12-15(10-11)27-20-16(12)19(26)24-18(25-20)13-6-5-7-14(22)17(13)23/h5-7,11,18,25H,4,8-10H2,1-3H3,(H,24,26)/t11-,18+/m1/s1. The van der Waals surface area contributed by atoms with Crippen LogP contribution in [0.3, 0.4) is 0 Å². The van der Waals surface area contributed by atoms with Gasteiger partial charge in [-0.2, -0.15) is 0 Å². The third-order valence-corrected chi connectivity index (χ3v) is 8.37. The van der Waals surface area contributed by atoms with Gasteiger partial charge in [-0.15, -0.1) is 11.3 Å². The second-order valence-electron chi connectivity index (χ2n) is 8.18. The van der Waals surface area contributed by atoms with Crippen molar-refractivity contribution in [2.24, 2.45) is 11.3 Å². The first-order valence-corrected chi connectivity index (χ1v) is 11.0. The maximum absolute atomic E-state index is 12.9. The minimum atomic E-state index is -0.362. The number of nitrogens with one attached hydrogen (secondary N) is 2. The lowest BCUT2D eigenvalue weighted by Crippen LogP contribution is -2.38. The molecule has 144 valence electrons. The number of fused-ring (bicyclic) bond motifs is 3. The van der Waals surface area contributed by atoms with E-state index in [0.717, 1.165) is 35.4 Å². The van der Waals surface area contributed by atoms with Gasteiger partial charge < -0.3 is 10.6 Å². The third kappa shape index (κ3) is 3.26. The monoisotopic (exact) mass is 422 g/mol. The third-order valence-electron chi connectivity index (χ3n) is 6.35. The van der Waals surface area contributed by atoms with E-state index in [1.807, 2.05) is 12.1 Å². The summed E-state index contributed by atoms with van der Waals surface area (Å²) in [5.74, 6) is 0.645. The number of rotatable bonds is 3. The number of benzene rings is 1. The van der Waals surface area contributed by atoms with Gasteiger partial charge in [0.15, 0.2) is 0 Å². The van der Waals surface area contributed by atoms with Crippen molar-refractivity contribution in [3.8, 4) is 0 Å². The molecular formula is C21H24Cl2N2OS. The fourth-order valence-electron chi connectivity index (χ4n) is 4.15. The summed E-state index contributed by atoms with van der Waals surface area (Å²) in [6, 6.07) is 5.50. The van der Waals surface area contributed by atoms with Gasteiger partial charge in [-0.3, -0.25) is 4.79 Å². The zero-order valence-corrected chi connectivity index (χ0v) is 18.1. The van der Waals surface area contributed by atoms with Gasteiger partial charge in [0.05, 0.1) is 15.6 Å². The van der Waals surface area contributed by atoms with E-state index in [2.05, 4.69) is 31.4 Å². The van der Waals surface area contributed by atoms with Crippen LogP contribution in [-0.2, 0) is 12.8 Å². The molecular weight excluding hydrogens is 399 g/mol. The summed E-state index contributed by atoms with van der Waals surface area (Å²) >= 11 is 14.3. The van der Waals surface area contributed by atoms with Crippen molar-refractivity contribution < 1.29 is 4.79 Å². The fourth-order valence-corrected chi connectivity index (χ4v) is 5.92. The average molecular weight is 423 g/mol. The molecule has 1 aliphatic carbocycles. The molecule has 6 heteroatoms. The Hall–Kier alpha value is -1.23. The summed E-state index contributed by atoms with van der Waals surface area (Å²) < 4.78 is 0. The highest BCUT2D eigenvalue weighted by Gasteiger charge is 2.37. The molecule has 2 aromatic rings. The highest BCUT2D eigenvalue weighted by atomic mass is 35.5. The number of hydrogen-bond donors (Lipinski definition) is 2. The Morgan fingerprint density at radius 3 is 2.78 bits per heavy atom. The Bertz CT molecular complexity index is 906. The first-order valence-electron chi connectivity index (χ1n) is 9.47. The van der Waals surface area contributed by atoms with Crippen molar-refractivity contribution in [3.05, 3.63) is 49.8 Å². The number of carbonyl (C=O) groups excluding carboxylic acids is 1. The predicted octanol–water partition coefficient (Wildman–Crippen LogP) is 6.45. The minimum absolute atomic E-state index is 0.0181. The van der Waals surface area contributed by atoms with E-state index >= 15 is 0 Å². The van der Waals surface area contributed by atoms with E-state index in [1.54, 1.807) is 17.4 Å². The molecule has 1 aliphatic heterocycles. The summed E-state index contributed by atoms with van der Waals surface area (Å²) in [5, 5.41) is 8.47. The fraction of sp³-hybridized carbons (Fsp3) is 0.476. The molecule has 3 nitrogen and oxygen atoms in total. The molecule has 1 aromatic carbocycles. The van der Waals surface area contributed by atoms with Crippen LogP contribution in [0.15, 0.2) is 18.2 Å². The molecule has 2 atom stereocenters. The molecule has 0 unspecified atom stereocenters. The highest BCUT2D eigenvalue weighted by Crippen LogP contribution is 2.47.